The van der Waals surface area contributed by atoms with Crippen LogP contribution in [0.4, 0.5) is 5.13 Å². The molecular formula is C35H30N2O5S. The van der Waals surface area contributed by atoms with E-state index < -0.39 is 17.7 Å². The van der Waals surface area contributed by atoms with Crippen LogP contribution in [0.2, 0.25) is 0 Å². The molecule has 1 fully saturated rings. The maximum Gasteiger partial charge on any atom is 0.301 e. The average molecular weight is 591 g/mol. The van der Waals surface area contributed by atoms with Crippen LogP contribution >= 0.6 is 11.3 Å². The quantitative estimate of drug-likeness (QED) is 0.120. The fourth-order valence-corrected chi connectivity index (χ4v) is 6.40. The number of ether oxygens (including phenoxy) is 2. The van der Waals surface area contributed by atoms with E-state index in [4.69, 9.17) is 14.5 Å². The molecule has 0 aliphatic carbocycles. The lowest BCUT2D eigenvalue weighted by Gasteiger charge is -2.24. The first kappa shape index (κ1) is 28.2. The minimum Gasteiger partial charge on any atom is -0.507 e. The van der Waals surface area contributed by atoms with E-state index in [1.165, 1.54) is 23.3 Å². The molecule has 7 nitrogen and oxygen atoms in total. The van der Waals surface area contributed by atoms with Gasteiger partial charge in [0.1, 0.15) is 12.4 Å². The summed E-state index contributed by atoms with van der Waals surface area (Å²) in [6, 6.07) is 25.6. The number of ketones is 1. The molecule has 43 heavy (non-hydrogen) atoms. The normalized spacial score (nSPS) is 16.2. The van der Waals surface area contributed by atoms with E-state index in [0.29, 0.717) is 34.4 Å². The molecule has 2 heterocycles. The number of aliphatic hydroxyl groups is 1. The number of aromatic nitrogens is 1. The zero-order valence-corrected chi connectivity index (χ0v) is 25.1. The van der Waals surface area contributed by atoms with Crippen LogP contribution in [0.5, 0.6) is 11.5 Å². The molecule has 1 N–H and O–H groups in total. The Morgan fingerprint density at radius 2 is 1.65 bits per heavy atom. The lowest BCUT2D eigenvalue weighted by molar-refractivity contribution is -0.132. The van der Waals surface area contributed by atoms with Crippen molar-refractivity contribution in [2.45, 2.75) is 33.4 Å². The average Bonchev–Trinajstić information content (AvgIpc) is 3.54. The highest BCUT2D eigenvalue weighted by Gasteiger charge is 2.48. The summed E-state index contributed by atoms with van der Waals surface area (Å²) in [6.45, 7) is 6.10. The number of aliphatic hydroxyl groups excluding tert-OH is 1. The molecule has 216 valence electrons. The number of hydrogen-bond acceptors (Lipinski definition) is 7. The highest BCUT2D eigenvalue weighted by atomic mass is 32.1. The summed E-state index contributed by atoms with van der Waals surface area (Å²) in [5, 5.41) is 12.1. The number of anilines is 1. The summed E-state index contributed by atoms with van der Waals surface area (Å²) in [4.78, 5) is 33.6. The largest absolute Gasteiger partial charge is 0.507 e. The molecule has 0 spiro atoms. The van der Waals surface area contributed by atoms with E-state index in [2.05, 4.69) is 0 Å². The van der Waals surface area contributed by atoms with E-state index >= 15 is 0 Å². The van der Waals surface area contributed by atoms with Crippen LogP contribution in [-0.4, -0.2) is 28.9 Å². The number of carbonyl (C=O) groups is 2. The van der Waals surface area contributed by atoms with Gasteiger partial charge in [-0.05, 0) is 73.4 Å². The second-order valence-corrected chi connectivity index (χ2v) is 11.6. The predicted molar refractivity (Wildman–Crippen MR) is 169 cm³/mol. The molecule has 5 aromatic rings. The molecule has 1 aliphatic heterocycles. The zero-order chi connectivity index (χ0) is 30.2. The highest BCUT2D eigenvalue weighted by molar-refractivity contribution is 7.22. The number of aryl methyl sites for hydroxylation is 3. The first-order valence-electron chi connectivity index (χ1n) is 13.9. The Hall–Kier alpha value is -4.95. The molecule has 6 rings (SSSR count). The number of rotatable bonds is 7. The minimum absolute atomic E-state index is 0.00542. The maximum absolute atomic E-state index is 13.8. The summed E-state index contributed by atoms with van der Waals surface area (Å²) in [6.07, 6.45) is 0. The fourth-order valence-electron chi connectivity index (χ4n) is 5.31. The summed E-state index contributed by atoms with van der Waals surface area (Å²) in [5.41, 5.74) is 5.56. The van der Waals surface area contributed by atoms with Crippen LogP contribution in [0.3, 0.4) is 0 Å². The smallest absolute Gasteiger partial charge is 0.301 e. The Morgan fingerprint density at radius 3 is 2.42 bits per heavy atom. The lowest BCUT2D eigenvalue weighted by atomic mass is 9.93. The molecular weight excluding hydrogens is 560 g/mol. The first-order chi connectivity index (χ1) is 20.7. The van der Waals surface area contributed by atoms with E-state index in [-0.39, 0.29) is 11.3 Å². The third kappa shape index (κ3) is 5.26. The Bertz CT molecular complexity index is 1910. The Kier molecular flexibility index (Phi) is 7.46. The molecule has 1 unspecified atom stereocenters. The molecule has 1 aromatic heterocycles. The van der Waals surface area contributed by atoms with Gasteiger partial charge in [0.05, 0.1) is 28.9 Å². The molecule has 1 aliphatic rings. The third-order valence-corrected chi connectivity index (χ3v) is 8.59. The highest BCUT2D eigenvalue weighted by Crippen LogP contribution is 2.46. The SMILES string of the molecule is COc1cc(C2/C(=C(\O)c3cc(C)ccc3C)C(=O)C(=O)N2c2nc3ccc(C)cc3s2)ccc1OCc1ccccc1. The van der Waals surface area contributed by atoms with Gasteiger partial charge in [0, 0.05) is 5.56 Å². The molecule has 0 radical (unpaired) electrons. The van der Waals surface area contributed by atoms with Gasteiger partial charge in [-0.3, -0.25) is 14.5 Å². The van der Waals surface area contributed by atoms with Gasteiger partial charge < -0.3 is 14.6 Å². The summed E-state index contributed by atoms with van der Waals surface area (Å²) >= 11 is 1.33. The molecule has 1 saturated heterocycles. The van der Waals surface area contributed by atoms with Gasteiger partial charge in [-0.15, -0.1) is 0 Å². The second-order valence-electron chi connectivity index (χ2n) is 10.6. The van der Waals surface area contributed by atoms with Crippen LogP contribution in [0, 0.1) is 20.8 Å². The maximum atomic E-state index is 13.8. The van der Waals surface area contributed by atoms with Crippen molar-refractivity contribution in [1.82, 2.24) is 4.98 Å². The van der Waals surface area contributed by atoms with Crippen molar-refractivity contribution in [3.63, 3.8) is 0 Å². The lowest BCUT2D eigenvalue weighted by Crippen LogP contribution is -2.29. The van der Waals surface area contributed by atoms with Crippen LogP contribution in [0.25, 0.3) is 16.0 Å². The monoisotopic (exact) mass is 590 g/mol. The number of Topliss-reactive ketones (excluding diaryl/α,β-unsaturated/α-hetero) is 1. The van der Waals surface area contributed by atoms with Gasteiger partial charge in [-0.2, -0.15) is 0 Å². The van der Waals surface area contributed by atoms with Crippen LogP contribution < -0.4 is 14.4 Å². The molecule has 0 bridgehead atoms. The number of fused-ring (bicyclic) bond motifs is 1. The summed E-state index contributed by atoms with van der Waals surface area (Å²) in [5.74, 6) is -0.812. The molecule has 4 aromatic carbocycles. The Morgan fingerprint density at radius 1 is 0.907 bits per heavy atom. The van der Waals surface area contributed by atoms with E-state index in [9.17, 15) is 14.7 Å². The summed E-state index contributed by atoms with van der Waals surface area (Å²) in [7, 11) is 1.54. The second kappa shape index (κ2) is 11.4. The molecule has 0 saturated carbocycles. The van der Waals surface area contributed by atoms with E-state index in [1.807, 2.05) is 87.5 Å². The third-order valence-electron chi connectivity index (χ3n) is 7.57. The number of hydrogen-bond donors (Lipinski definition) is 1. The van der Waals surface area contributed by atoms with Crippen LogP contribution in [0.15, 0.2) is 90.5 Å². The van der Waals surface area contributed by atoms with Gasteiger partial charge >= 0.3 is 5.91 Å². The minimum atomic E-state index is -0.946. The Labute approximate surface area is 253 Å². The van der Waals surface area contributed by atoms with Crippen molar-refractivity contribution in [3.05, 3.63) is 124 Å². The molecule has 8 heteroatoms. The number of thiazole rings is 1. The van der Waals surface area contributed by atoms with Gasteiger partial charge in [-0.1, -0.05) is 71.5 Å². The molecule has 1 amide bonds. The number of benzene rings is 4. The number of amides is 1. The van der Waals surface area contributed by atoms with Crippen molar-refractivity contribution >= 4 is 44.1 Å². The van der Waals surface area contributed by atoms with Crippen molar-refractivity contribution in [2.24, 2.45) is 0 Å². The first-order valence-corrected chi connectivity index (χ1v) is 14.7. The predicted octanol–water partition coefficient (Wildman–Crippen LogP) is 7.44. The van der Waals surface area contributed by atoms with Crippen molar-refractivity contribution < 1.29 is 24.2 Å². The zero-order valence-electron chi connectivity index (χ0n) is 24.3. The number of methoxy groups -OCH3 is 1. The number of carbonyl (C=O) groups excluding carboxylic acids is 2. The van der Waals surface area contributed by atoms with Crippen LogP contribution in [-0.2, 0) is 16.2 Å². The fraction of sp³-hybridized carbons (Fsp3) is 0.171. The van der Waals surface area contributed by atoms with E-state index in [0.717, 1.165) is 32.5 Å². The topological polar surface area (TPSA) is 89.0 Å². The Balaban J connectivity index is 1.50. The van der Waals surface area contributed by atoms with Gasteiger partial charge in [0.15, 0.2) is 16.6 Å². The van der Waals surface area contributed by atoms with Crippen molar-refractivity contribution in [2.75, 3.05) is 12.0 Å². The van der Waals surface area contributed by atoms with Gasteiger partial charge in [0.2, 0.25) is 0 Å². The van der Waals surface area contributed by atoms with Gasteiger partial charge in [-0.25, -0.2) is 4.98 Å². The van der Waals surface area contributed by atoms with Crippen molar-refractivity contribution in [3.8, 4) is 11.5 Å². The van der Waals surface area contributed by atoms with Crippen LogP contribution in [0.1, 0.15) is 39.4 Å². The van der Waals surface area contributed by atoms with E-state index in [1.54, 1.807) is 18.2 Å². The summed E-state index contributed by atoms with van der Waals surface area (Å²) < 4.78 is 12.7. The van der Waals surface area contributed by atoms with Gasteiger partial charge in [0.25, 0.3) is 5.78 Å². The standard InChI is InChI=1S/C35H30N2O5S/c1-20-10-12-22(3)25(16-20)32(38)30-31(24-13-15-27(28(18-24)41-4)42-19-23-8-6-5-7-9-23)37(34(40)33(30)39)35-36-26-14-11-21(2)17-29(26)43-35/h5-18,31,38H,19H2,1-4H3/b32-30+. The number of nitrogens with zero attached hydrogens (tertiary/aromatic N) is 2. The molecule has 1 atom stereocenters. The van der Waals surface area contributed by atoms with Crippen molar-refractivity contribution in [1.29, 1.82) is 0 Å².